The van der Waals surface area contributed by atoms with E-state index < -0.39 is 0 Å². The second-order valence-electron chi connectivity index (χ2n) is 6.53. The molecular weight excluding hydrogens is 276 g/mol. The van der Waals surface area contributed by atoms with Crippen LogP contribution in [0.2, 0.25) is 0 Å². The second-order valence-corrected chi connectivity index (χ2v) is 6.53. The van der Waals surface area contributed by atoms with E-state index >= 15 is 0 Å². The van der Waals surface area contributed by atoms with Gasteiger partial charge in [-0.05, 0) is 32.1 Å². The molecule has 0 aromatic carbocycles. The van der Waals surface area contributed by atoms with Crippen LogP contribution < -0.4 is 5.32 Å². The summed E-state index contributed by atoms with van der Waals surface area (Å²) < 4.78 is 0. The number of nitrogens with one attached hydrogen (secondary N) is 1. The normalized spacial score (nSPS) is 21.5. The van der Waals surface area contributed by atoms with Gasteiger partial charge >= 0.3 is 0 Å². The molecule has 0 unspecified atom stereocenters. The zero-order chi connectivity index (χ0) is 14.9. The quantitative estimate of drug-likeness (QED) is 0.867. The number of aromatic nitrogens is 2. The number of amides is 1. The van der Waals surface area contributed by atoms with Crippen molar-refractivity contribution >= 4 is 11.7 Å². The molecule has 4 rings (SSSR count). The molecule has 0 radical (unpaired) electrons. The van der Waals surface area contributed by atoms with Crippen LogP contribution in [0.1, 0.15) is 36.9 Å². The Morgan fingerprint density at radius 3 is 2.68 bits per heavy atom. The van der Waals surface area contributed by atoms with Gasteiger partial charge in [0.15, 0.2) is 0 Å². The van der Waals surface area contributed by atoms with E-state index in [1.807, 2.05) is 4.90 Å². The average Bonchev–Trinajstić information content (AvgIpc) is 3.23. The lowest BCUT2D eigenvalue weighted by Gasteiger charge is -2.23. The number of hydrogen-bond acceptors (Lipinski definition) is 4. The molecule has 1 aromatic rings. The molecule has 0 bridgehead atoms. The van der Waals surface area contributed by atoms with E-state index in [4.69, 9.17) is 0 Å². The molecule has 1 aromatic heterocycles. The number of rotatable bonds is 3. The number of carbonyl (C=O) groups excluding carboxylic acids is 1. The SMILES string of the molecule is O=C(C1CC=CC1)N1CCc2ncnc(NC3CC3)c2CC1. The van der Waals surface area contributed by atoms with E-state index in [0.717, 1.165) is 50.3 Å². The highest BCUT2D eigenvalue weighted by atomic mass is 16.2. The minimum atomic E-state index is 0.163. The van der Waals surface area contributed by atoms with E-state index in [2.05, 4.69) is 27.4 Å². The fraction of sp³-hybridized carbons (Fsp3) is 0.588. The van der Waals surface area contributed by atoms with E-state index in [0.29, 0.717) is 11.9 Å². The number of nitrogens with zero attached hydrogens (tertiary/aromatic N) is 3. The summed E-state index contributed by atoms with van der Waals surface area (Å²) in [6.45, 7) is 1.57. The summed E-state index contributed by atoms with van der Waals surface area (Å²) in [6, 6.07) is 0.588. The maximum atomic E-state index is 12.6. The Balaban J connectivity index is 1.48. The summed E-state index contributed by atoms with van der Waals surface area (Å²) >= 11 is 0. The molecule has 3 aliphatic rings. The predicted octanol–water partition coefficient (Wildman–Crippen LogP) is 1.94. The third-order valence-electron chi connectivity index (χ3n) is 4.87. The number of fused-ring (bicyclic) bond motifs is 1. The van der Waals surface area contributed by atoms with Crippen LogP contribution >= 0.6 is 0 Å². The summed E-state index contributed by atoms with van der Waals surface area (Å²) in [7, 11) is 0. The Morgan fingerprint density at radius 2 is 1.91 bits per heavy atom. The van der Waals surface area contributed by atoms with Gasteiger partial charge in [-0.15, -0.1) is 0 Å². The number of anilines is 1. The van der Waals surface area contributed by atoms with E-state index in [1.165, 1.54) is 18.4 Å². The van der Waals surface area contributed by atoms with Crippen molar-refractivity contribution < 1.29 is 4.79 Å². The molecular formula is C17H22N4O. The molecule has 0 spiro atoms. The molecule has 0 saturated heterocycles. The lowest BCUT2D eigenvalue weighted by Crippen LogP contribution is -2.37. The van der Waals surface area contributed by atoms with Gasteiger partial charge in [-0.1, -0.05) is 12.2 Å². The first-order valence-electron chi connectivity index (χ1n) is 8.34. The first-order valence-corrected chi connectivity index (χ1v) is 8.34. The maximum Gasteiger partial charge on any atom is 0.226 e. The van der Waals surface area contributed by atoms with Crippen LogP contribution in [0.4, 0.5) is 5.82 Å². The van der Waals surface area contributed by atoms with Crippen LogP contribution in [0.25, 0.3) is 0 Å². The molecule has 1 fully saturated rings. The van der Waals surface area contributed by atoms with Gasteiger partial charge in [0.1, 0.15) is 12.1 Å². The molecule has 5 nitrogen and oxygen atoms in total. The van der Waals surface area contributed by atoms with Crippen molar-refractivity contribution in [2.45, 2.75) is 44.6 Å². The second kappa shape index (κ2) is 5.71. The highest BCUT2D eigenvalue weighted by molar-refractivity contribution is 5.79. The van der Waals surface area contributed by atoms with Gasteiger partial charge in [0.05, 0.1) is 5.69 Å². The summed E-state index contributed by atoms with van der Waals surface area (Å²) in [6.07, 6.45) is 11.9. The Labute approximate surface area is 130 Å². The zero-order valence-electron chi connectivity index (χ0n) is 12.8. The Hall–Kier alpha value is -1.91. The standard InChI is InChI=1S/C17H22N4O/c22-17(12-3-1-2-4-12)21-9-7-14-15(8-10-21)18-11-19-16(14)20-13-5-6-13/h1-2,11-13H,3-10H2,(H,18,19,20). The Kier molecular flexibility index (Phi) is 3.56. The van der Waals surface area contributed by atoms with Crippen molar-refractivity contribution in [3.8, 4) is 0 Å². The molecule has 1 saturated carbocycles. The van der Waals surface area contributed by atoms with Crippen LogP contribution in [-0.2, 0) is 17.6 Å². The summed E-state index contributed by atoms with van der Waals surface area (Å²) in [4.78, 5) is 23.5. The summed E-state index contributed by atoms with van der Waals surface area (Å²) in [5, 5.41) is 3.51. The minimum absolute atomic E-state index is 0.163. The van der Waals surface area contributed by atoms with E-state index in [9.17, 15) is 4.79 Å². The topological polar surface area (TPSA) is 58.1 Å². The molecule has 5 heteroatoms. The molecule has 116 valence electrons. The Bertz CT molecular complexity index is 601. The lowest BCUT2D eigenvalue weighted by atomic mass is 10.1. The predicted molar refractivity (Wildman–Crippen MR) is 84.5 cm³/mol. The van der Waals surface area contributed by atoms with Gasteiger partial charge < -0.3 is 10.2 Å². The molecule has 1 aliphatic heterocycles. The molecule has 1 N–H and O–H groups in total. The Morgan fingerprint density at radius 1 is 1.14 bits per heavy atom. The summed E-state index contributed by atoms with van der Waals surface area (Å²) in [5.41, 5.74) is 2.33. The monoisotopic (exact) mass is 298 g/mol. The van der Waals surface area contributed by atoms with Crippen LogP contribution in [0, 0.1) is 5.92 Å². The van der Waals surface area contributed by atoms with Crippen LogP contribution in [0.3, 0.4) is 0 Å². The van der Waals surface area contributed by atoms with E-state index in [-0.39, 0.29) is 5.92 Å². The molecule has 1 amide bonds. The molecule has 22 heavy (non-hydrogen) atoms. The molecule has 0 atom stereocenters. The van der Waals surface area contributed by atoms with Crippen LogP contribution in [-0.4, -0.2) is 39.9 Å². The fourth-order valence-corrected chi connectivity index (χ4v) is 3.37. The molecule has 2 aliphatic carbocycles. The van der Waals surface area contributed by atoms with Crippen molar-refractivity contribution in [2.24, 2.45) is 5.92 Å². The van der Waals surface area contributed by atoms with Gasteiger partial charge in [-0.2, -0.15) is 0 Å². The zero-order valence-corrected chi connectivity index (χ0v) is 12.8. The van der Waals surface area contributed by atoms with Crippen LogP contribution in [0.5, 0.6) is 0 Å². The van der Waals surface area contributed by atoms with Gasteiger partial charge in [-0.3, -0.25) is 4.79 Å². The van der Waals surface area contributed by atoms with Gasteiger partial charge in [0, 0.05) is 37.0 Å². The van der Waals surface area contributed by atoms with Crippen molar-refractivity contribution in [3.05, 3.63) is 29.7 Å². The smallest absolute Gasteiger partial charge is 0.226 e. The van der Waals surface area contributed by atoms with Crippen molar-refractivity contribution in [1.82, 2.24) is 14.9 Å². The number of hydrogen-bond donors (Lipinski definition) is 1. The van der Waals surface area contributed by atoms with Gasteiger partial charge in [-0.25, -0.2) is 9.97 Å². The van der Waals surface area contributed by atoms with Crippen molar-refractivity contribution in [1.29, 1.82) is 0 Å². The first-order chi connectivity index (χ1) is 10.8. The van der Waals surface area contributed by atoms with Gasteiger partial charge in [0.25, 0.3) is 0 Å². The first kappa shape index (κ1) is 13.7. The highest BCUT2D eigenvalue weighted by Gasteiger charge is 2.28. The maximum absolute atomic E-state index is 12.6. The lowest BCUT2D eigenvalue weighted by molar-refractivity contribution is -0.135. The number of carbonyl (C=O) groups is 1. The third kappa shape index (κ3) is 2.72. The molecule has 2 heterocycles. The fourth-order valence-electron chi connectivity index (χ4n) is 3.37. The van der Waals surface area contributed by atoms with Crippen molar-refractivity contribution in [3.63, 3.8) is 0 Å². The summed E-state index contributed by atoms with van der Waals surface area (Å²) in [5.74, 6) is 1.46. The highest BCUT2D eigenvalue weighted by Crippen LogP contribution is 2.28. The van der Waals surface area contributed by atoms with Gasteiger partial charge in [0.2, 0.25) is 5.91 Å². The van der Waals surface area contributed by atoms with Crippen LogP contribution in [0.15, 0.2) is 18.5 Å². The third-order valence-corrected chi connectivity index (χ3v) is 4.87. The largest absolute Gasteiger partial charge is 0.367 e. The van der Waals surface area contributed by atoms with E-state index in [1.54, 1.807) is 6.33 Å². The average molecular weight is 298 g/mol. The minimum Gasteiger partial charge on any atom is -0.367 e. The van der Waals surface area contributed by atoms with Crippen molar-refractivity contribution in [2.75, 3.05) is 18.4 Å². The number of allylic oxidation sites excluding steroid dienone is 2.